The molecule has 3 fully saturated rings. The van der Waals surface area contributed by atoms with Crippen molar-refractivity contribution in [1.29, 1.82) is 0 Å². The first-order chi connectivity index (χ1) is 13.5. The predicted molar refractivity (Wildman–Crippen MR) is 103 cm³/mol. The number of imidazole rings is 1. The predicted octanol–water partition coefficient (Wildman–Crippen LogP) is 0.0535. The van der Waals surface area contributed by atoms with Crippen molar-refractivity contribution in [2.45, 2.75) is 56.1 Å². The van der Waals surface area contributed by atoms with Crippen LogP contribution in [0.25, 0.3) is 0 Å². The maximum atomic E-state index is 13.1. The van der Waals surface area contributed by atoms with Crippen LogP contribution in [0.5, 0.6) is 0 Å². The van der Waals surface area contributed by atoms with E-state index in [0.29, 0.717) is 13.1 Å². The number of nitrogens with one attached hydrogen (secondary N) is 1. The number of hydrogen-bond acceptors (Lipinski definition) is 5. The zero-order valence-electron chi connectivity index (χ0n) is 16.6. The second-order valence-electron chi connectivity index (χ2n) is 9.05. The molecule has 8 nitrogen and oxygen atoms in total. The summed E-state index contributed by atoms with van der Waals surface area (Å²) in [6.45, 7) is 2.85. The van der Waals surface area contributed by atoms with Gasteiger partial charge in [0.2, 0.25) is 11.8 Å². The van der Waals surface area contributed by atoms with E-state index in [-0.39, 0.29) is 35.4 Å². The molecule has 4 aliphatic rings. The van der Waals surface area contributed by atoms with E-state index in [9.17, 15) is 9.59 Å². The zero-order valence-corrected chi connectivity index (χ0v) is 16.6. The number of likely N-dealkylation sites (N-methyl/N-ethyl adjacent to an activating group) is 1. The highest BCUT2D eigenvalue weighted by Crippen LogP contribution is 2.45. The van der Waals surface area contributed by atoms with Crippen LogP contribution in [0, 0.1) is 5.92 Å². The molecule has 8 heteroatoms. The lowest BCUT2D eigenvalue weighted by atomic mass is 9.78. The molecule has 1 aromatic rings. The summed E-state index contributed by atoms with van der Waals surface area (Å²) in [5.41, 5.74) is 7.88. The molecule has 4 heterocycles. The number of likely N-dealkylation sites (tertiary alicyclic amines) is 2. The van der Waals surface area contributed by atoms with Crippen molar-refractivity contribution >= 4 is 11.8 Å². The summed E-state index contributed by atoms with van der Waals surface area (Å²) in [4.78, 5) is 40.2. The second-order valence-corrected chi connectivity index (χ2v) is 9.05. The van der Waals surface area contributed by atoms with Crippen LogP contribution in [0.2, 0.25) is 0 Å². The molecular weight excluding hydrogens is 356 g/mol. The lowest BCUT2D eigenvalue weighted by molar-refractivity contribution is -0.146. The smallest absolute Gasteiger partial charge is 0.239 e. The fourth-order valence-electron chi connectivity index (χ4n) is 5.49. The minimum atomic E-state index is -0.359. The molecule has 1 aliphatic carbocycles. The molecule has 1 spiro atoms. The van der Waals surface area contributed by atoms with E-state index < -0.39 is 0 Å². The number of aromatic nitrogens is 2. The first-order valence-corrected chi connectivity index (χ1v) is 10.6. The third kappa shape index (κ3) is 2.76. The molecular formula is C20H30N6O2. The number of amides is 2. The summed E-state index contributed by atoms with van der Waals surface area (Å²) >= 11 is 0. The molecule has 2 amide bonds. The van der Waals surface area contributed by atoms with Crippen molar-refractivity contribution in [3.63, 3.8) is 0 Å². The lowest BCUT2D eigenvalue weighted by Gasteiger charge is -2.51. The topological polar surface area (TPSA) is 98.6 Å². The van der Waals surface area contributed by atoms with Gasteiger partial charge < -0.3 is 20.5 Å². The Bertz CT molecular complexity index is 779. The fraction of sp³-hybridized carbons (Fsp3) is 0.750. The SMILES string of the molecule is CN1CC(N)CC1C(=O)N1CCC2(CC1)c1nc[nH]c1CCN2C(=O)C1CC1. The van der Waals surface area contributed by atoms with Gasteiger partial charge in [0.1, 0.15) is 0 Å². The number of hydrogen-bond donors (Lipinski definition) is 2. The Kier molecular flexibility index (Phi) is 4.24. The van der Waals surface area contributed by atoms with Gasteiger partial charge in [0, 0.05) is 50.3 Å². The minimum Gasteiger partial charge on any atom is -0.348 e. The van der Waals surface area contributed by atoms with Gasteiger partial charge in [-0.25, -0.2) is 4.98 Å². The molecule has 0 bridgehead atoms. The number of H-pyrrole nitrogens is 1. The highest BCUT2D eigenvalue weighted by Gasteiger charge is 2.51. The summed E-state index contributed by atoms with van der Waals surface area (Å²) in [6, 6.07) is -0.0350. The van der Waals surface area contributed by atoms with Gasteiger partial charge in [0.05, 0.1) is 23.6 Å². The largest absolute Gasteiger partial charge is 0.348 e. The lowest BCUT2D eigenvalue weighted by Crippen LogP contribution is -2.60. The highest BCUT2D eigenvalue weighted by molar-refractivity contribution is 5.83. The van der Waals surface area contributed by atoms with Crippen LogP contribution < -0.4 is 5.73 Å². The van der Waals surface area contributed by atoms with Crippen LogP contribution in [0.15, 0.2) is 6.33 Å². The molecule has 0 radical (unpaired) electrons. The first kappa shape index (κ1) is 18.1. The van der Waals surface area contributed by atoms with E-state index in [1.165, 1.54) is 0 Å². The summed E-state index contributed by atoms with van der Waals surface area (Å²) in [6.07, 6.45) is 6.87. The van der Waals surface area contributed by atoms with Gasteiger partial charge in [0.15, 0.2) is 0 Å². The van der Waals surface area contributed by atoms with Crippen molar-refractivity contribution in [2.75, 3.05) is 33.2 Å². The van der Waals surface area contributed by atoms with Crippen LogP contribution in [0.1, 0.15) is 43.5 Å². The Morgan fingerprint density at radius 3 is 2.61 bits per heavy atom. The van der Waals surface area contributed by atoms with Gasteiger partial charge in [-0.2, -0.15) is 0 Å². The molecule has 2 atom stereocenters. The quantitative estimate of drug-likeness (QED) is 0.749. The van der Waals surface area contributed by atoms with Gasteiger partial charge in [-0.15, -0.1) is 0 Å². The van der Waals surface area contributed by atoms with E-state index in [4.69, 9.17) is 5.73 Å². The molecule has 152 valence electrons. The Morgan fingerprint density at radius 1 is 1.21 bits per heavy atom. The molecule has 0 aromatic carbocycles. The number of aromatic amines is 1. The molecule has 1 saturated carbocycles. The third-order valence-electron chi connectivity index (χ3n) is 7.22. The van der Waals surface area contributed by atoms with E-state index in [1.807, 2.05) is 11.9 Å². The number of nitrogens with zero attached hydrogens (tertiary/aromatic N) is 4. The third-order valence-corrected chi connectivity index (χ3v) is 7.22. The van der Waals surface area contributed by atoms with Crippen molar-refractivity contribution in [1.82, 2.24) is 24.7 Å². The Labute approximate surface area is 165 Å². The number of fused-ring (bicyclic) bond motifs is 2. The standard InChI is InChI=1S/C20H30N6O2/c1-24-11-14(21)10-16(24)19(28)25-8-5-20(6-9-25)17-15(22-12-23-17)4-7-26(20)18(27)13-2-3-13/h12-14,16H,2-11,21H2,1H3,(H,22,23). The van der Waals surface area contributed by atoms with Crippen LogP contribution in [0.3, 0.4) is 0 Å². The van der Waals surface area contributed by atoms with Gasteiger partial charge in [-0.1, -0.05) is 0 Å². The number of rotatable bonds is 2. The molecule has 1 aromatic heterocycles. The number of carbonyl (C=O) groups excluding carboxylic acids is 2. The maximum absolute atomic E-state index is 13.1. The summed E-state index contributed by atoms with van der Waals surface area (Å²) in [5, 5.41) is 0. The molecule has 2 saturated heterocycles. The molecule has 28 heavy (non-hydrogen) atoms. The Balaban J connectivity index is 1.37. The normalized spacial score (nSPS) is 29.9. The maximum Gasteiger partial charge on any atom is 0.239 e. The van der Waals surface area contributed by atoms with Crippen molar-refractivity contribution in [3.05, 3.63) is 17.7 Å². The zero-order chi connectivity index (χ0) is 19.5. The number of nitrogens with two attached hydrogens (primary N) is 1. The van der Waals surface area contributed by atoms with Crippen molar-refractivity contribution in [2.24, 2.45) is 11.7 Å². The van der Waals surface area contributed by atoms with E-state index in [2.05, 4.69) is 19.8 Å². The van der Waals surface area contributed by atoms with Gasteiger partial charge >= 0.3 is 0 Å². The average Bonchev–Trinajstić information content (AvgIpc) is 3.33. The second kappa shape index (κ2) is 6.56. The van der Waals surface area contributed by atoms with Crippen LogP contribution >= 0.6 is 0 Å². The highest BCUT2D eigenvalue weighted by atomic mass is 16.2. The van der Waals surface area contributed by atoms with Crippen LogP contribution in [-0.4, -0.2) is 81.8 Å². The number of piperidine rings is 1. The summed E-state index contributed by atoms with van der Waals surface area (Å²) in [5.74, 6) is 0.670. The first-order valence-electron chi connectivity index (χ1n) is 10.6. The average molecular weight is 387 g/mol. The van der Waals surface area contributed by atoms with Crippen LogP contribution in [-0.2, 0) is 21.5 Å². The molecule has 2 unspecified atom stereocenters. The monoisotopic (exact) mass is 386 g/mol. The fourth-order valence-corrected chi connectivity index (χ4v) is 5.49. The van der Waals surface area contributed by atoms with Gasteiger partial charge in [-0.05, 0) is 39.2 Å². The number of carbonyl (C=O) groups is 2. The Hall–Kier alpha value is -1.93. The Morgan fingerprint density at radius 2 is 1.96 bits per heavy atom. The van der Waals surface area contributed by atoms with Crippen molar-refractivity contribution in [3.8, 4) is 0 Å². The van der Waals surface area contributed by atoms with Crippen molar-refractivity contribution < 1.29 is 9.59 Å². The summed E-state index contributed by atoms with van der Waals surface area (Å²) < 4.78 is 0. The van der Waals surface area contributed by atoms with E-state index >= 15 is 0 Å². The van der Waals surface area contributed by atoms with Gasteiger partial charge in [-0.3, -0.25) is 14.5 Å². The van der Waals surface area contributed by atoms with Gasteiger partial charge in [0.25, 0.3) is 0 Å². The van der Waals surface area contributed by atoms with Crippen LogP contribution in [0.4, 0.5) is 0 Å². The molecule has 5 rings (SSSR count). The molecule has 3 aliphatic heterocycles. The summed E-state index contributed by atoms with van der Waals surface area (Å²) in [7, 11) is 1.98. The van der Waals surface area contributed by atoms with E-state index in [1.54, 1.807) is 6.33 Å². The van der Waals surface area contributed by atoms with E-state index in [0.717, 1.165) is 63.0 Å². The minimum absolute atomic E-state index is 0.0756. The molecule has 3 N–H and O–H groups in total.